The first-order valence-electron chi connectivity index (χ1n) is 5.70. The fraction of sp³-hybridized carbons (Fsp3) is 1.00. The molecule has 1 aliphatic rings. The molecule has 0 amide bonds. The lowest BCUT2D eigenvalue weighted by Gasteiger charge is -2.17. The number of hydrogen-bond acceptors (Lipinski definition) is 4. The molecule has 15 heavy (non-hydrogen) atoms. The summed E-state index contributed by atoms with van der Waals surface area (Å²) in [5.74, 6) is 0.286. The maximum absolute atomic E-state index is 11.8. The van der Waals surface area contributed by atoms with Crippen LogP contribution in [0.1, 0.15) is 26.2 Å². The molecule has 0 bridgehead atoms. The quantitative estimate of drug-likeness (QED) is 0.715. The summed E-state index contributed by atoms with van der Waals surface area (Å²) in [5.41, 5.74) is 5.37. The van der Waals surface area contributed by atoms with Crippen LogP contribution in [0.3, 0.4) is 0 Å². The predicted molar refractivity (Wildman–Crippen MR) is 62.6 cm³/mol. The highest BCUT2D eigenvalue weighted by molar-refractivity contribution is 7.92. The van der Waals surface area contributed by atoms with Crippen LogP contribution in [0.2, 0.25) is 0 Å². The van der Waals surface area contributed by atoms with E-state index in [0.29, 0.717) is 19.5 Å². The third-order valence-electron chi connectivity index (χ3n) is 3.08. The number of sulfone groups is 1. The molecular formula is C10H22N2O2S. The standard InChI is InChI=1S/C10H22N2O2S/c1-10(4-5-11)15(13,14)9-8-12-6-2-3-7-12/h10H,2-9,11H2,1H3. The first-order chi connectivity index (χ1) is 7.06. The molecule has 0 aromatic heterocycles. The van der Waals surface area contributed by atoms with Crippen LogP contribution in [-0.2, 0) is 9.84 Å². The topological polar surface area (TPSA) is 63.4 Å². The molecule has 1 unspecified atom stereocenters. The normalized spacial score (nSPS) is 20.7. The van der Waals surface area contributed by atoms with Crippen LogP contribution >= 0.6 is 0 Å². The molecule has 0 aromatic carbocycles. The highest BCUT2D eigenvalue weighted by Crippen LogP contribution is 2.10. The van der Waals surface area contributed by atoms with Crippen LogP contribution in [0.15, 0.2) is 0 Å². The molecule has 0 aliphatic carbocycles. The van der Waals surface area contributed by atoms with E-state index in [2.05, 4.69) is 4.90 Å². The molecule has 0 radical (unpaired) electrons. The van der Waals surface area contributed by atoms with E-state index in [4.69, 9.17) is 5.73 Å². The molecular weight excluding hydrogens is 212 g/mol. The Bertz CT molecular complexity index is 271. The Labute approximate surface area is 92.7 Å². The van der Waals surface area contributed by atoms with Gasteiger partial charge in [0, 0.05) is 6.54 Å². The zero-order chi connectivity index (χ0) is 11.3. The molecule has 0 aromatic rings. The third kappa shape index (κ3) is 4.09. The number of hydrogen-bond donors (Lipinski definition) is 1. The van der Waals surface area contributed by atoms with E-state index in [1.807, 2.05) is 0 Å². The SMILES string of the molecule is CC(CCN)S(=O)(=O)CCN1CCCC1. The second-order valence-corrected chi connectivity index (χ2v) is 6.84. The lowest BCUT2D eigenvalue weighted by atomic mass is 10.3. The maximum atomic E-state index is 11.8. The Morgan fingerprint density at radius 1 is 1.33 bits per heavy atom. The van der Waals surface area contributed by atoms with Crippen LogP contribution < -0.4 is 5.73 Å². The van der Waals surface area contributed by atoms with Crippen molar-refractivity contribution in [3.8, 4) is 0 Å². The van der Waals surface area contributed by atoms with E-state index in [9.17, 15) is 8.42 Å². The predicted octanol–water partition coefficient (Wildman–Crippen LogP) is 0.234. The van der Waals surface area contributed by atoms with Gasteiger partial charge in [-0.1, -0.05) is 0 Å². The van der Waals surface area contributed by atoms with Gasteiger partial charge in [-0.15, -0.1) is 0 Å². The van der Waals surface area contributed by atoms with Gasteiger partial charge < -0.3 is 10.6 Å². The van der Waals surface area contributed by atoms with Gasteiger partial charge in [-0.2, -0.15) is 0 Å². The highest BCUT2D eigenvalue weighted by Gasteiger charge is 2.21. The molecule has 0 spiro atoms. The maximum Gasteiger partial charge on any atom is 0.154 e. The summed E-state index contributed by atoms with van der Waals surface area (Å²) >= 11 is 0. The minimum absolute atomic E-state index is 0.286. The van der Waals surface area contributed by atoms with Crippen LogP contribution in [-0.4, -0.2) is 50.5 Å². The van der Waals surface area contributed by atoms with Crippen molar-refractivity contribution in [1.29, 1.82) is 0 Å². The van der Waals surface area contributed by atoms with E-state index in [0.717, 1.165) is 13.1 Å². The largest absolute Gasteiger partial charge is 0.330 e. The molecule has 5 heteroatoms. The van der Waals surface area contributed by atoms with Crippen molar-refractivity contribution in [3.63, 3.8) is 0 Å². The summed E-state index contributed by atoms with van der Waals surface area (Å²) in [6, 6.07) is 0. The Morgan fingerprint density at radius 2 is 1.93 bits per heavy atom. The summed E-state index contributed by atoms with van der Waals surface area (Å²) in [6.45, 7) is 5.01. The van der Waals surface area contributed by atoms with Gasteiger partial charge in [0.15, 0.2) is 9.84 Å². The summed E-state index contributed by atoms with van der Waals surface area (Å²) in [4.78, 5) is 2.23. The van der Waals surface area contributed by atoms with Gasteiger partial charge in [0.2, 0.25) is 0 Å². The van der Waals surface area contributed by atoms with Crippen molar-refractivity contribution in [3.05, 3.63) is 0 Å². The van der Waals surface area contributed by atoms with Crippen molar-refractivity contribution >= 4 is 9.84 Å². The Morgan fingerprint density at radius 3 is 2.47 bits per heavy atom. The Kier molecular flexibility index (Phi) is 5.02. The van der Waals surface area contributed by atoms with Crippen LogP contribution in [0.4, 0.5) is 0 Å². The number of likely N-dealkylation sites (tertiary alicyclic amines) is 1. The Hall–Kier alpha value is -0.130. The minimum Gasteiger partial charge on any atom is -0.330 e. The van der Waals surface area contributed by atoms with Crippen molar-refractivity contribution in [1.82, 2.24) is 4.90 Å². The Balaban J connectivity index is 2.34. The minimum atomic E-state index is -2.93. The average molecular weight is 234 g/mol. The average Bonchev–Trinajstić information content (AvgIpc) is 2.68. The van der Waals surface area contributed by atoms with Crippen LogP contribution in [0.5, 0.6) is 0 Å². The summed E-state index contributed by atoms with van der Waals surface area (Å²) < 4.78 is 23.6. The molecule has 1 atom stereocenters. The molecule has 1 aliphatic heterocycles. The zero-order valence-corrected chi connectivity index (χ0v) is 10.3. The fourth-order valence-corrected chi connectivity index (χ4v) is 3.29. The van der Waals surface area contributed by atoms with E-state index >= 15 is 0 Å². The lowest BCUT2D eigenvalue weighted by molar-refractivity contribution is 0.358. The summed E-state index contributed by atoms with van der Waals surface area (Å²) in [5, 5.41) is -0.287. The van der Waals surface area contributed by atoms with Crippen molar-refractivity contribution in [2.75, 3.05) is 31.9 Å². The lowest BCUT2D eigenvalue weighted by Crippen LogP contribution is -2.31. The summed E-state index contributed by atoms with van der Waals surface area (Å²) in [7, 11) is -2.93. The first-order valence-corrected chi connectivity index (χ1v) is 7.42. The van der Waals surface area contributed by atoms with Gasteiger partial charge in [-0.05, 0) is 45.8 Å². The molecule has 1 heterocycles. The first kappa shape index (κ1) is 12.9. The third-order valence-corrected chi connectivity index (χ3v) is 5.29. The van der Waals surface area contributed by atoms with E-state index in [1.165, 1.54) is 12.8 Å². The smallest absolute Gasteiger partial charge is 0.154 e. The van der Waals surface area contributed by atoms with E-state index in [1.54, 1.807) is 6.92 Å². The number of nitrogens with zero attached hydrogens (tertiary/aromatic N) is 1. The summed E-state index contributed by atoms with van der Waals surface area (Å²) in [6.07, 6.45) is 2.99. The van der Waals surface area contributed by atoms with Gasteiger partial charge in [0.1, 0.15) is 0 Å². The van der Waals surface area contributed by atoms with Gasteiger partial charge in [-0.3, -0.25) is 0 Å². The fourth-order valence-electron chi connectivity index (χ4n) is 1.88. The molecule has 2 N–H and O–H groups in total. The molecule has 1 fully saturated rings. The number of nitrogens with two attached hydrogens (primary N) is 1. The van der Waals surface area contributed by atoms with E-state index in [-0.39, 0.29) is 11.0 Å². The molecule has 90 valence electrons. The number of rotatable bonds is 6. The van der Waals surface area contributed by atoms with Crippen molar-refractivity contribution in [2.45, 2.75) is 31.4 Å². The van der Waals surface area contributed by atoms with Crippen LogP contribution in [0.25, 0.3) is 0 Å². The molecule has 1 rings (SSSR count). The monoisotopic (exact) mass is 234 g/mol. The van der Waals surface area contributed by atoms with Gasteiger partial charge in [-0.25, -0.2) is 8.42 Å². The molecule has 4 nitrogen and oxygen atoms in total. The second-order valence-electron chi connectivity index (χ2n) is 4.30. The zero-order valence-electron chi connectivity index (χ0n) is 9.48. The van der Waals surface area contributed by atoms with Gasteiger partial charge >= 0.3 is 0 Å². The van der Waals surface area contributed by atoms with Crippen molar-refractivity contribution < 1.29 is 8.42 Å². The van der Waals surface area contributed by atoms with Gasteiger partial charge in [0.05, 0.1) is 11.0 Å². The van der Waals surface area contributed by atoms with Crippen LogP contribution in [0, 0.1) is 0 Å². The molecule has 0 saturated carbocycles. The molecule has 1 saturated heterocycles. The van der Waals surface area contributed by atoms with Gasteiger partial charge in [0.25, 0.3) is 0 Å². The van der Waals surface area contributed by atoms with Crippen molar-refractivity contribution in [2.24, 2.45) is 5.73 Å². The van der Waals surface area contributed by atoms with E-state index < -0.39 is 9.84 Å². The highest BCUT2D eigenvalue weighted by atomic mass is 32.2. The second kappa shape index (κ2) is 5.82.